The normalized spacial score (nSPS) is 16.5. The number of nitrogen functional groups attached to an aromatic ring is 1. The molecule has 3 N–H and O–H groups in total. The standard InChI is InChI=1S/C16H18N6/c17-16-20-14-11(15(21-16)22-8-4-1-5-9-22)10-18-12-6-2-3-7-13(12)19-14/h2-3,6-7,10H,1,4-5,8-9H2,(H3,17,19,20,21). The van der Waals surface area contributed by atoms with Crippen LogP contribution >= 0.6 is 0 Å². The van der Waals surface area contributed by atoms with Crippen molar-refractivity contribution < 1.29 is 0 Å². The Kier molecular flexibility index (Phi) is 3.14. The third-order valence-corrected chi connectivity index (χ3v) is 4.09. The van der Waals surface area contributed by atoms with Crippen LogP contribution in [0.1, 0.15) is 24.8 Å². The molecule has 22 heavy (non-hydrogen) atoms. The molecule has 1 saturated heterocycles. The summed E-state index contributed by atoms with van der Waals surface area (Å²) in [5.74, 6) is 1.90. The number of hydrogen-bond donors (Lipinski definition) is 2. The summed E-state index contributed by atoms with van der Waals surface area (Å²) >= 11 is 0. The minimum atomic E-state index is 0.291. The molecular weight excluding hydrogens is 276 g/mol. The summed E-state index contributed by atoms with van der Waals surface area (Å²) in [7, 11) is 0. The maximum atomic E-state index is 5.93. The fourth-order valence-electron chi connectivity index (χ4n) is 2.99. The first-order valence-corrected chi connectivity index (χ1v) is 7.64. The molecule has 112 valence electrons. The molecule has 0 spiro atoms. The van der Waals surface area contributed by atoms with Gasteiger partial charge in [-0.05, 0) is 31.4 Å². The maximum absolute atomic E-state index is 5.93. The van der Waals surface area contributed by atoms with E-state index in [1.165, 1.54) is 19.3 Å². The van der Waals surface area contributed by atoms with Crippen molar-refractivity contribution in [1.29, 1.82) is 0 Å². The second kappa shape index (κ2) is 5.29. The van der Waals surface area contributed by atoms with Crippen LogP contribution in [0.3, 0.4) is 0 Å². The lowest BCUT2D eigenvalue weighted by Crippen LogP contribution is -2.31. The number of nitrogens with one attached hydrogen (secondary N) is 1. The lowest BCUT2D eigenvalue weighted by Gasteiger charge is -2.29. The minimum absolute atomic E-state index is 0.291. The summed E-state index contributed by atoms with van der Waals surface area (Å²) in [5, 5.41) is 3.34. The van der Waals surface area contributed by atoms with Crippen LogP contribution in [-0.2, 0) is 0 Å². The summed E-state index contributed by atoms with van der Waals surface area (Å²) in [4.78, 5) is 15.7. The largest absolute Gasteiger partial charge is 0.368 e. The molecule has 1 aromatic carbocycles. The zero-order valence-electron chi connectivity index (χ0n) is 12.3. The Morgan fingerprint density at radius 3 is 2.73 bits per heavy atom. The van der Waals surface area contributed by atoms with E-state index >= 15 is 0 Å². The highest BCUT2D eigenvalue weighted by Gasteiger charge is 2.21. The van der Waals surface area contributed by atoms with Crippen LogP contribution in [-0.4, -0.2) is 29.3 Å². The third-order valence-electron chi connectivity index (χ3n) is 4.09. The minimum Gasteiger partial charge on any atom is -0.368 e. The summed E-state index contributed by atoms with van der Waals surface area (Å²) in [6.07, 6.45) is 5.49. The Balaban J connectivity index is 1.82. The second-order valence-corrected chi connectivity index (χ2v) is 5.62. The van der Waals surface area contributed by atoms with Crippen molar-refractivity contribution in [1.82, 2.24) is 9.97 Å². The first kappa shape index (κ1) is 13.1. The predicted octanol–water partition coefficient (Wildman–Crippen LogP) is 2.86. The van der Waals surface area contributed by atoms with Gasteiger partial charge in [0.25, 0.3) is 0 Å². The van der Waals surface area contributed by atoms with Crippen molar-refractivity contribution in [2.75, 3.05) is 29.0 Å². The Bertz CT molecular complexity index is 733. The number of nitrogens with zero attached hydrogens (tertiary/aromatic N) is 4. The van der Waals surface area contributed by atoms with E-state index in [1.54, 1.807) is 0 Å². The number of piperidine rings is 1. The molecule has 3 heterocycles. The van der Waals surface area contributed by atoms with Gasteiger partial charge in [0.15, 0.2) is 0 Å². The zero-order chi connectivity index (χ0) is 14.9. The molecule has 0 atom stereocenters. The van der Waals surface area contributed by atoms with Crippen LogP contribution in [0, 0.1) is 0 Å². The van der Waals surface area contributed by atoms with E-state index in [2.05, 4.69) is 25.2 Å². The first-order chi connectivity index (χ1) is 10.8. The number of nitrogens with two attached hydrogens (primary N) is 1. The maximum Gasteiger partial charge on any atom is 0.224 e. The predicted molar refractivity (Wildman–Crippen MR) is 89.5 cm³/mol. The molecule has 0 saturated carbocycles. The summed E-state index contributed by atoms with van der Waals surface area (Å²) in [6.45, 7) is 2.01. The van der Waals surface area contributed by atoms with E-state index in [4.69, 9.17) is 5.73 Å². The van der Waals surface area contributed by atoms with Gasteiger partial charge in [-0.25, -0.2) is 0 Å². The highest BCUT2D eigenvalue weighted by Crippen LogP contribution is 2.34. The fraction of sp³-hybridized carbons (Fsp3) is 0.312. The highest BCUT2D eigenvalue weighted by atomic mass is 15.2. The molecule has 2 aliphatic heterocycles. The van der Waals surface area contributed by atoms with Gasteiger partial charge in [0, 0.05) is 19.3 Å². The molecule has 1 aromatic heterocycles. The van der Waals surface area contributed by atoms with Crippen molar-refractivity contribution in [2.45, 2.75) is 19.3 Å². The number of aromatic nitrogens is 2. The molecule has 0 aliphatic carbocycles. The number of para-hydroxylation sites is 2. The molecule has 2 aliphatic rings. The van der Waals surface area contributed by atoms with E-state index in [9.17, 15) is 0 Å². The molecule has 0 amide bonds. The first-order valence-electron chi connectivity index (χ1n) is 7.64. The fourth-order valence-corrected chi connectivity index (χ4v) is 2.99. The smallest absolute Gasteiger partial charge is 0.224 e. The van der Waals surface area contributed by atoms with Crippen molar-refractivity contribution in [3.8, 4) is 0 Å². The Morgan fingerprint density at radius 1 is 1.05 bits per heavy atom. The van der Waals surface area contributed by atoms with Crippen LogP contribution < -0.4 is 16.0 Å². The van der Waals surface area contributed by atoms with E-state index in [0.29, 0.717) is 5.95 Å². The lowest BCUT2D eigenvalue weighted by atomic mass is 10.1. The molecule has 6 heteroatoms. The monoisotopic (exact) mass is 294 g/mol. The average Bonchev–Trinajstić information content (AvgIpc) is 2.74. The SMILES string of the molecule is Nc1nc2c(c(N3CCCCC3)n1)C=Nc1ccccc1N2. The van der Waals surface area contributed by atoms with Gasteiger partial charge in [0.2, 0.25) is 5.95 Å². The molecule has 2 aromatic rings. The lowest BCUT2D eigenvalue weighted by molar-refractivity contribution is 0.573. The number of aliphatic imine (C=N–C) groups is 1. The van der Waals surface area contributed by atoms with Crippen molar-refractivity contribution in [3.05, 3.63) is 29.8 Å². The van der Waals surface area contributed by atoms with Crippen molar-refractivity contribution in [2.24, 2.45) is 4.99 Å². The second-order valence-electron chi connectivity index (χ2n) is 5.62. The van der Waals surface area contributed by atoms with Crippen LogP contribution in [0.4, 0.5) is 29.0 Å². The summed E-state index contributed by atoms with van der Waals surface area (Å²) in [6, 6.07) is 7.91. The molecular formula is C16H18N6. The number of hydrogen-bond acceptors (Lipinski definition) is 6. The molecule has 0 bridgehead atoms. The van der Waals surface area contributed by atoms with Crippen LogP contribution in [0.5, 0.6) is 0 Å². The Hall–Kier alpha value is -2.63. The average molecular weight is 294 g/mol. The van der Waals surface area contributed by atoms with E-state index in [1.807, 2.05) is 30.5 Å². The number of rotatable bonds is 1. The number of benzene rings is 1. The highest BCUT2D eigenvalue weighted by molar-refractivity contribution is 5.98. The molecule has 4 rings (SSSR count). The van der Waals surface area contributed by atoms with Gasteiger partial charge < -0.3 is 16.0 Å². The van der Waals surface area contributed by atoms with Gasteiger partial charge in [0.05, 0.1) is 16.9 Å². The summed E-state index contributed by atoms with van der Waals surface area (Å²) < 4.78 is 0. The van der Waals surface area contributed by atoms with Gasteiger partial charge in [-0.1, -0.05) is 12.1 Å². The quantitative estimate of drug-likeness (QED) is 0.721. The summed E-state index contributed by atoms with van der Waals surface area (Å²) in [5.41, 5.74) is 8.66. The van der Waals surface area contributed by atoms with E-state index < -0.39 is 0 Å². The Morgan fingerprint density at radius 2 is 1.86 bits per heavy atom. The zero-order valence-corrected chi connectivity index (χ0v) is 12.3. The number of fused-ring (bicyclic) bond motifs is 2. The van der Waals surface area contributed by atoms with Crippen LogP contribution in [0.15, 0.2) is 29.3 Å². The molecule has 1 fully saturated rings. The van der Waals surface area contributed by atoms with E-state index in [0.717, 1.165) is 41.7 Å². The van der Waals surface area contributed by atoms with Gasteiger partial charge in [0.1, 0.15) is 11.6 Å². The molecule has 6 nitrogen and oxygen atoms in total. The van der Waals surface area contributed by atoms with Crippen molar-refractivity contribution >= 4 is 35.2 Å². The third kappa shape index (κ3) is 2.26. The molecule has 0 unspecified atom stereocenters. The van der Waals surface area contributed by atoms with Gasteiger partial charge in [-0.15, -0.1) is 0 Å². The topological polar surface area (TPSA) is 79.4 Å². The molecule has 0 radical (unpaired) electrons. The Labute approximate surface area is 129 Å². The number of anilines is 4. The van der Waals surface area contributed by atoms with Gasteiger partial charge in [-0.2, -0.15) is 9.97 Å². The van der Waals surface area contributed by atoms with Crippen molar-refractivity contribution in [3.63, 3.8) is 0 Å². The van der Waals surface area contributed by atoms with E-state index in [-0.39, 0.29) is 0 Å². The van der Waals surface area contributed by atoms with Crippen LogP contribution in [0.2, 0.25) is 0 Å². The van der Waals surface area contributed by atoms with Gasteiger partial charge in [-0.3, -0.25) is 4.99 Å². The van der Waals surface area contributed by atoms with Gasteiger partial charge >= 0.3 is 0 Å². The van der Waals surface area contributed by atoms with Crippen LogP contribution in [0.25, 0.3) is 0 Å².